The Labute approximate surface area is 132 Å². The SMILES string of the molecule is CCCCN1CCOc2cc3c(C)c(Br)c(=O)[nH]c3cc21. The highest BCUT2D eigenvalue weighted by atomic mass is 79.9. The molecule has 3 rings (SSSR count). The van der Waals surface area contributed by atoms with Crippen LogP contribution in [-0.2, 0) is 0 Å². The Kier molecular flexibility index (Phi) is 3.93. The number of hydrogen-bond acceptors (Lipinski definition) is 3. The van der Waals surface area contributed by atoms with E-state index in [1.807, 2.05) is 19.1 Å². The topological polar surface area (TPSA) is 45.3 Å². The van der Waals surface area contributed by atoms with Crippen LogP contribution in [0, 0.1) is 6.92 Å². The van der Waals surface area contributed by atoms with Crippen molar-refractivity contribution < 1.29 is 4.74 Å². The van der Waals surface area contributed by atoms with Crippen molar-refractivity contribution in [3.05, 3.63) is 32.5 Å². The van der Waals surface area contributed by atoms with Crippen LogP contribution in [0.3, 0.4) is 0 Å². The lowest BCUT2D eigenvalue weighted by Crippen LogP contribution is -2.33. The molecule has 0 aliphatic carbocycles. The number of ether oxygens (including phenoxy) is 1. The van der Waals surface area contributed by atoms with Crippen LogP contribution in [0.4, 0.5) is 5.69 Å². The maximum absolute atomic E-state index is 11.9. The van der Waals surface area contributed by atoms with Crippen molar-refractivity contribution in [2.24, 2.45) is 0 Å². The fourth-order valence-corrected chi connectivity index (χ4v) is 3.09. The van der Waals surface area contributed by atoms with Gasteiger partial charge in [0.2, 0.25) is 0 Å². The summed E-state index contributed by atoms with van der Waals surface area (Å²) in [5, 5.41) is 1.03. The van der Waals surface area contributed by atoms with E-state index in [1.165, 1.54) is 6.42 Å². The van der Waals surface area contributed by atoms with E-state index in [0.29, 0.717) is 11.1 Å². The third-order valence-corrected chi connectivity index (χ3v) is 4.98. The number of benzene rings is 1. The molecule has 0 spiro atoms. The molecule has 0 saturated heterocycles. The summed E-state index contributed by atoms with van der Waals surface area (Å²) in [5.74, 6) is 0.909. The Balaban J connectivity index is 2.15. The summed E-state index contributed by atoms with van der Waals surface area (Å²) in [4.78, 5) is 17.2. The lowest BCUT2D eigenvalue weighted by molar-refractivity contribution is 0.307. The molecule has 2 heterocycles. The number of rotatable bonds is 3. The second-order valence-electron chi connectivity index (χ2n) is 5.45. The van der Waals surface area contributed by atoms with Gasteiger partial charge in [0.05, 0.1) is 22.2 Å². The van der Waals surface area contributed by atoms with Crippen molar-refractivity contribution in [2.75, 3.05) is 24.6 Å². The fraction of sp³-hybridized carbons (Fsp3) is 0.438. The van der Waals surface area contributed by atoms with Crippen molar-refractivity contribution >= 4 is 32.5 Å². The highest BCUT2D eigenvalue weighted by molar-refractivity contribution is 9.10. The molecule has 0 fully saturated rings. The van der Waals surface area contributed by atoms with E-state index in [-0.39, 0.29) is 5.56 Å². The normalized spacial score (nSPS) is 14.1. The molecule has 1 aliphatic heterocycles. The van der Waals surface area contributed by atoms with Crippen LogP contribution in [0.5, 0.6) is 5.75 Å². The first-order valence-electron chi connectivity index (χ1n) is 7.35. The minimum Gasteiger partial charge on any atom is -0.490 e. The number of halogens is 1. The van der Waals surface area contributed by atoms with Crippen molar-refractivity contribution in [1.29, 1.82) is 0 Å². The molecule has 4 nitrogen and oxygen atoms in total. The van der Waals surface area contributed by atoms with Crippen LogP contribution in [0.25, 0.3) is 10.9 Å². The molecule has 21 heavy (non-hydrogen) atoms. The van der Waals surface area contributed by atoms with Crippen molar-refractivity contribution in [3.63, 3.8) is 0 Å². The van der Waals surface area contributed by atoms with E-state index in [0.717, 1.165) is 47.4 Å². The summed E-state index contributed by atoms with van der Waals surface area (Å²) < 4.78 is 6.41. The van der Waals surface area contributed by atoms with Crippen LogP contribution < -0.4 is 15.2 Å². The van der Waals surface area contributed by atoms with Crippen molar-refractivity contribution in [2.45, 2.75) is 26.7 Å². The predicted octanol–water partition coefficient (Wildman–Crippen LogP) is 3.60. The Morgan fingerprint density at radius 1 is 1.43 bits per heavy atom. The molecule has 1 aliphatic rings. The quantitative estimate of drug-likeness (QED) is 0.919. The minimum atomic E-state index is -0.0863. The first-order chi connectivity index (χ1) is 10.1. The molecular formula is C16H19BrN2O2. The van der Waals surface area contributed by atoms with Gasteiger partial charge in [-0.1, -0.05) is 13.3 Å². The van der Waals surface area contributed by atoms with E-state index in [9.17, 15) is 4.79 Å². The van der Waals surface area contributed by atoms with Crippen LogP contribution in [0.1, 0.15) is 25.3 Å². The number of aromatic amines is 1. The number of nitrogens with zero attached hydrogens (tertiary/aromatic N) is 1. The number of hydrogen-bond donors (Lipinski definition) is 1. The minimum absolute atomic E-state index is 0.0863. The zero-order valence-electron chi connectivity index (χ0n) is 12.3. The average molecular weight is 351 g/mol. The molecule has 0 radical (unpaired) electrons. The molecule has 0 atom stereocenters. The zero-order valence-corrected chi connectivity index (χ0v) is 13.9. The lowest BCUT2D eigenvalue weighted by atomic mass is 10.1. The Hall–Kier alpha value is -1.49. The summed E-state index contributed by atoms with van der Waals surface area (Å²) in [7, 11) is 0. The standard InChI is InChI=1S/C16H19BrN2O2/c1-3-4-5-19-6-7-21-14-8-11-10(2)15(17)16(20)18-12(11)9-13(14)19/h8-9H,3-7H2,1-2H3,(H,18,20). The molecule has 2 aromatic rings. The van der Waals surface area contributed by atoms with Gasteiger partial charge in [0, 0.05) is 11.9 Å². The number of H-pyrrole nitrogens is 1. The highest BCUT2D eigenvalue weighted by Gasteiger charge is 2.20. The Morgan fingerprint density at radius 3 is 3.00 bits per heavy atom. The monoisotopic (exact) mass is 350 g/mol. The van der Waals surface area contributed by atoms with Gasteiger partial charge in [0.15, 0.2) is 0 Å². The number of fused-ring (bicyclic) bond motifs is 2. The van der Waals surface area contributed by atoms with E-state index in [1.54, 1.807) is 0 Å². The third-order valence-electron chi connectivity index (χ3n) is 4.02. The fourth-order valence-electron chi connectivity index (χ4n) is 2.78. The summed E-state index contributed by atoms with van der Waals surface area (Å²) >= 11 is 3.35. The molecular weight excluding hydrogens is 332 g/mol. The van der Waals surface area contributed by atoms with Gasteiger partial charge in [-0.2, -0.15) is 0 Å². The molecule has 0 unspecified atom stereocenters. The third kappa shape index (κ3) is 2.55. The molecule has 5 heteroatoms. The lowest BCUT2D eigenvalue weighted by Gasteiger charge is -2.31. The van der Waals surface area contributed by atoms with Gasteiger partial charge >= 0.3 is 0 Å². The molecule has 0 bridgehead atoms. The molecule has 1 aromatic heterocycles. The molecule has 0 amide bonds. The Bertz CT molecular complexity index is 739. The second-order valence-corrected chi connectivity index (χ2v) is 6.24. The molecule has 0 saturated carbocycles. The number of anilines is 1. The maximum atomic E-state index is 11.9. The predicted molar refractivity (Wildman–Crippen MR) is 89.6 cm³/mol. The van der Waals surface area contributed by atoms with Crippen molar-refractivity contribution in [3.8, 4) is 5.75 Å². The summed E-state index contributed by atoms with van der Waals surface area (Å²) in [6.45, 7) is 6.79. The van der Waals surface area contributed by atoms with Crippen LogP contribution in [0.2, 0.25) is 0 Å². The number of nitrogens with one attached hydrogen (secondary N) is 1. The average Bonchev–Trinajstić information content (AvgIpc) is 2.49. The van der Waals surface area contributed by atoms with Crippen LogP contribution in [-0.4, -0.2) is 24.7 Å². The smallest absolute Gasteiger partial charge is 0.263 e. The number of pyridine rings is 1. The van der Waals surface area contributed by atoms with Gasteiger partial charge in [-0.15, -0.1) is 0 Å². The van der Waals surface area contributed by atoms with Crippen molar-refractivity contribution in [1.82, 2.24) is 4.98 Å². The maximum Gasteiger partial charge on any atom is 0.263 e. The number of aromatic nitrogens is 1. The highest BCUT2D eigenvalue weighted by Crippen LogP contribution is 2.36. The largest absolute Gasteiger partial charge is 0.490 e. The second kappa shape index (κ2) is 5.72. The van der Waals surface area contributed by atoms with Gasteiger partial charge in [0.1, 0.15) is 12.4 Å². The van der Waals surface area contributed by atoms with Gasteiger partial charge in [-0.05, 0) is 47.0 Å². The van der Waals surface area contributed by atoms with E-state index >= 15 is 0 Å². The van der Waals surface area contributed by atoms with Gasteiger partial charge in [-0.3, -0.25) is 4.79 Å². The van der Waals surface area contributed by atoms with Crippen LogP contribution in [0.15, 0.2) is 21.4 Å². The van der Waals surface area contributed by atoms with Gasteiger partial charge < -0.3 is 14.6 Å². The molecule has 1 N–H and O–H groups in total. The summed E-state index contributed by atoms with van der Waals surface area (Å²) in [6, 6.07) is 4.08. The first-order valence-corrected chi connectivity index (χ1v) is 8.15. The molecule has 112 valence electrons. The summed E-state index contributed by atoms with van der Waals surface area (Å²) in [5.41, 5.74) is 2.81. The molecule has 1 aromatic carbocycles. The zero-order chi connectivity index (χ0) is 15.0. The first kappa shape index (κ1) is 14.4. The van der Waals surface area contributed by atoms with Crippen LogP contribution >= 0.6 is 15.9 Å². The van der Waals surface area contributed by atoms with Gasteiger partial charge in [-0.25, -0.2) is 0 Å². The Morgan fingerprint density at radius 2 is 2.24 bits per heavy atom. The number of unbranched alkanes of at least 4 members (excludes halogenated alkanes) is 1. The number of aryl methyl sites for hydroxylation is 1. The van der Waals surface area contributed by atoms with E-state index < -0.39 is 0 Å². The van der Waals surface area contributed by atoms with E-state index in [4.69, 9.17) is 4.74 Å². The van der Waals surface area contributed by atoms with Gasteiger partial charge in [0.25, 0.3) is 5.56 Å². The van der Waals surface area contributed by atoms with E-state index in [2.05, 4.69) is 32.7 Å². The summed E-state index contributed by atoms with van der Waals surface area (Å²) in [6.07, 6.45) is 2.33.